The van der Waals surface area contributed by atoms with Gasteiger partial charge in [0.05, 0.1) is 5.41 Å². The molecule has 5 heteroatoms. The van der Waals surface area contributed by atoms with Gasteiger partial charge in [0.1, 0.15) is 5.60 Å². The Hall–Kier alpha value is -1.26. The molecule has 1 aliphatic rings. The van der Waals surface area contributed by atoms with E-state index in [0.717, 1.165) is 12.8 Å². The lowest BCUT2D eigenvalue weighted by molar-refractivity contribution is -0.148. The molecule has 0 saturated heterocycles. The highest BCUT2D eigenvalue weighted by Crippen LogP contribution is 2.40. The zero-order valence-corrected chi connectivity index (χ0v) is 11.6. The van der Waals surface area contributed by atoms with Crippen LogP contribution in [0.5, 0.6) is 0 Å². The monoisotopic (exact) mass is 257 g/mol. The molecule has 0 spiro atoms. The first-order valence-corrected chi connectivity index (χ1v) is 6.33. The minimum atomic E-state index is -0.905. The number of carboxylic acids is 1. The van der Waals surface area contributed by atoms with Crippen molar-refractivity contribution in [2.45, 2.75) is 52.6 Å². The van der Waals surface area contributed by atoms with E-state index < -0.39 is 23.1 Å². The van der Waals surface area contributed by atoms with Gasteiger partial charge in [0, 0.05) is 6.54 Å². The first kappa shape index (κ1) is 14.8. The number of nitrogens with one attached hydrogen (secondary N) is 1. The molecule has 1 amide bonds. The van der Waals surface area contributed by atoms with Gasteiger partial charge in [0.15, 0.2) is 0 Å². The van der Waals surface area contributed by atoms with Crippen molar-refractivity contribution in [3.63, 3.8) is 0 Å². The van der Waals surface area contributed by atoms with Crippen LogP contribution in [0.15, 0.2) is 0 Å². The number of amides is 1. The van der Waals surface area contributed by atoms with E-state index in [-0.39, 0.29) is 6.54 Å². The van der Waals surface area contributed by atoms with Crippen molar-refractivity contribution in [2.24, 2.45) is 11.3 Å². The molecule has 1 atom stereocenters. The Bertz CT molecular complexity index is 330. The van der Waals surface area contributed by atoms with E-state index >= 15 is 0 Å². The number of carboxylic acid groups (broad SMARTS) is 1. The van der Waals surface area contributed by atoms with Crippen LogP contribution in [-0.4, -0.2) is 29.3 Å². The third-order valence-corrected chi connectivity index (χ3v) is 2.97. The highest BCUT2D eigenvalue weighted by molar-refractivity contribution is 5.76. The molecular weight excluding hydrogens is 234 g/mol. The quantitative estimate of drug-likeness (QED) is 0.793. The fourth-order valence-electron chi connectivity index (χ4n) is 1.78. The molecule has 5 nitrogen and oxygen atoms in total. The summed E-state index contributed by atoms with van der Waals surface area (Å²) in [5.74, 6) is -0.378. The van der Waals surface area contributed by atoms with Crippen molar-refractivity contribution >= 4 is 12.1 Å². The van der Waals surface area contributed by atoms with E-state index in [0.29, 0.717) is 12.3 Å². The van der Waals surface area contributed by atoms with Crippen LogP contribution in [0.25, 0.3) is 0 Å². The van der Waals surface area contributed by atoms with Crippen LogP contribution in [0, 0.1) is 11.3 Å². The number of hydrogen-bond acceptors (Lipinski definition) is 3. The Kier molecular flexibility index (Phi) is 4.24. The van der Waals surface area contributed by atoms with Crippen LogP contribution in [0.3, 0.4) is 0 Å². The van der Waals surface area contributed by atoms with Crippen molar-refractivity contribution < 1.29 is 19.4 Å². The van der Waals surface area contributed by atoms with Crippen molar-refractivity contribution in [1.29, 1.82) is 0 Å². The number of carbonyl (C=O) groups excluding carboxylic acids is 1. The van der Waals surface area contributed by atoms with Gasteiger partial charge in [0.2, 0.25) is 0 Å². The smallest absolute Gasteiger partial charge is 0.407 e. The average molecular weight is 257 g/mol. The second kappa shape index (κ2) is 5.16. The van der Waals surface area contributed by atoms with Gasteiger partial charge in [-0.05, 0) is 40.0 Å². The zero-order valence-electron chi connectivity index (χ0n) is 11.6. The molecular formula is C13H23NO4. The van der Waals surface area contributed by atoms with Crippen LogP contribution >= 0.6 is 0 Å². The van der Waals surface area contributed by atoms with Gasteiger partial charge in [-0.25, -0.2) is 4.79 Å². The molecule has 104 valence electrons. The molecule has 0 aliphatic heterocycles. The van der Waals surface area contributed by atoms with Crippen LogP contribution in [0.4, 0.5) is 4.79 Å². The minimum Gasteiger partial charge on any atom is -0.481 e. The number of aliphatic carboxylic acids is 1. The topological polar surface area (TPSA) is 75.6 Å². The number of ether oxygens (including phenoxy) is 1. The Morgan fingerprint density at radius 3 is 2.22 bits per heavy atom. The summed E-state index contributed by atoms with van der Waals surface area (Å²) in [5, 5.41) is 11.8. The van der Waals surface area contributed by atoms with Crippen LogP contribution in [0.1, 0.15) is 47.0 Å². The van der Waals surface area contributed by atoms with E-state index in [1.54, 1.807) is 27.7 Å². The fraction of sp³-hybridized carbons (Fsp3) is 0.846. The summed E-state index contributed by atoms with van der Waals surface area (Å²) in [4.78, 5) is 22.8. The molecule has 1 fully saturated rings. The van der Waals surface area contributed by atoms with E-state index in [9.17, 15) is 14.7 Å². The highest BCUT2D eigenvalue weighted by atomic mass is 16.6. The lowest BCUT2D eigenvalue weighted by Gasteiger charge is -2.26. The van der Waals surface area contributed by atoms with E-state index in [1.807, 2.05) is 0 Å². The molecule has 0 aromatic carbocycles. The minimum absolute atomic E-state index is 0.105. The van der Waals surface area contributed by atoms with Gasteiger partial charge < -0.3 is 15.2 Å². The molecule has 1 unspecified atom stereocenters. The summed E-state index contributed by atoms with van der Waals surface area (Å²) in [6.07, 6.45) is 2.23. The van der Waals surface area contributed by atoms with E-state index in [1.165, 1.54) is 0 Å². The van der Waals surface area contributed by atoms with Crippen LogP contribution in [-0.2, 0) is 9.53 Å². The van der Waals surface area contributed by atoms with Gasteiger partial charge in [-0.1, -0.05) is 12.8 Å². The second-order valence-corrected chi connectivity index (χ2v) is 6.37. The Morgan fingerprint density at radius 1 is 1.28 bits per heavy atom. The van der Waals surface area contributed by atoms with Crippen LogP contribution in [0.2, 0.25) is 0 Å². The first-order valence-electron chi connectivity index (χ1n) is 6.33. The highest BCUT2D eigenvalue weighted by Gasteiger charge is 2.39. The number of alkyl carbamates (subject to hydrolysis) is 1. The van der Waals surface area contributed by atoms with E-state index in [2.05, 4.69) is 5.32 Å². The summed E-state index contributed by atoms with van der Waals surface area (Å²) in [6.45, 7) is 7.09. The molecule has 0 heterocycles. The molecule has 0 bridgehead atoms. The van der Waals surface area contributed by atoms with Crippen molar-refractivity contribution in [1.82, 2.24) is 5.32 Å². The number of hydrogen-bond donors (Lipinski definition) is 2. The summed E-state index contributed by atoms with van der Waals surface area (Å²) >= 11 is 0. The first-order chi connectivity index (χ1) is 8.12. The molecule has 0 aromatic rings. The largest absolute Gasteiger partial charge is 0.481 e. The summed E-state index contributed by atoms with van der Waals surface area (Å²) in [5.41, 5.74) is -1.47. The maximum atomic E-state index is 11.5. The Morgan fingerprint density at radius 2 is 1.83 bits per heavy atom. The van der Waals surface area contributed by atoms with Gasteiger partial charge in [-0.2, -0.15) is 0 Å². The van der Waals surface area contributed by atoms with Crippen molar-refractivity contribution in [3.05, 3.63) is 0 Å². The van der Waals surface area contributed by atoms with E-state index in [4.69, 9.17) is 4.74 Å². The third kappa shape index (κ3) is 4.94. The van der Waals surface area contributed by atoms with Gasteiger partial charge in [0.25, 0.3) is 0 Å². The maximum Gasteiger partial charge on any atom is 0.407 e. The molecule has 0 aromatic heterocycles. The standard InChI is InChI=1S/C13H23NO4/c1-12(2,3)18-11(17)14-8-13(4,10(15)16)7-9-5-6-9/h9H,5-8H2,1-4H3,(H,14,17)(H,15,16). The normalized spacial score (nSPS) is 18.9. The fourth-order valence-corrected chi connectivity index (χ4v) is 1.78. The number of carbonyl (C=O) groups is 2. The molecule has 18 heavy (non-hydrogen) atoms. The van der Waals surface area contributed by atoms with Crippen molar-refractivity contribution in [2.75, 3.05) is 6.54 Å². The summed E-state index contributed by atoms with van der Waals surface area (Å²) in [6, 6.07) is 0. The molecule has 0 radical (unpaired) electrons. The molecule has 1 aliphatic carbocycles. The van der Waals surface area contributed by atoms with Gasteiger partial charge in [-0.3, -0.25) is 4.79 Å². The zero-order chi connectivity index (χ0) is 14.0. The molecule has 1 rings (SSSR count). The predicted molar refractivity (Wildman–Crippen MR) is 67.3 cm³/mol. The van der Waals surface area contributed by atoms with Crippen molar-refractivity contribution in [3.8, 4) is 0 Å². The Balaban J connectivity index is 2.46. The lowest BCUT2D eigenvalue weighted by Crippen LogP contribution is -2.43. The second-order valence-electron chi connectivity index (χ2n) is 6.37. The summed E-state index contributed by atoms with van der Waals surface area (Å²) < 4.78 is 5.09. The average Bonchev–Trinajstić information content (AvgIpc) is 2.95. The summed E-state index contributed by atoms with van der Waals surface area (Å²) in [7, 11) is 0. The SMILES string of the molecule is CC(C)(C)OC(=O)NCC(C)(CC1CC1)C(=O)O. The van der Waals surface area contributed by atoms with Gasteiger partial charge >= 0.3 is 12.1 Å². The lowest BCUT2D eigenvalue weighted by atomic mass is 9.84. The van der Waals surface area contributed by atoms with Gasteiger partial charge in [-0.15, -0.1) is 0 Å². The maximum absolute atomic E-state index is 11.5. The Labute approximate surface area is 108 Å². The molecule has 2 N–H and O–H groups in total. The van der Waals surface area contributed by atoms with Crippen LogP contribution < -0.4 is 5.32 Å². The predicted octanol–water partition coefficient (Wildman–Crippen LogP) is 2.40. The molecule has 1 saturated carbocycles. The third-order valence-electron chi connectivity index (χ3n) is 2.97. The number of rotatable bonds is 5.